The van der Waals surface area contributed by atoms with E-state index in [1.54, 1.807) is 17.0 Å². The standard InChI is InChI=1S/C20H20FN3O2/c1-15-4-2-5-16(12-15)26-14-20(25)24-10-8-23(9-11-24)19-7-3-6-18(21)17(19)13-22/h2-7,12H,8-11,14H2,1H3. The molecule has 0 atom stereocenters. The highest BCUT2D eigenvalue weighted by Gasteiger charge is 2.23. The first-order valence-corrected chi connectivity index (χ1v) is 8.49. The summed E-state index contributed by atoms with van der Waals surface area (Å²) in [6, 6.07) is 14.1. The second kappa shape index (κ2) is 7.87. The monoisotopic (exact) mass is 353 g/mol. The summed E-state index contributed by atoms with van der Waals surface area (Å²) in [5.74, 6) is 0.0800. The smallest absolute Gasteiger partial charge is 0.260 e. The summed E-state index contributed by atoms with van der Waals surface area (Å²) >= 11 is 0. The van der Waals surface area contributed by atoms with Crippen LogP contribution < -0.4 is 9.64 Å². The Bertz CT molecular complexity index is 839. The molecule has 0 unspecified atom stereocenters. The van der Waals surface area contributed by atoms with Crippen molar-refractivity contribution in [2.75, 3.05) is 37.7 Å². The maximum atomic E-state index is 13.8. The van der Waals surface area contributed by atoms with Crippen LogP contribution in [-0.4, -0.2) is 43.6 Å². The van der Waals surface area contributed by atoms with Gasteiger partial charge in [-0.1, -0.05) is 18.2 Å². The van der Waals surface area contributed by atoms with Gasteiger partial charge in [0.25, 0.3) is 5.91 Å². The molecule has 134 valence electrons. The van der Waals surface area contributed by atoms with Crippen LogP contribution in [0.25, 0.3) is 0 Å². The number of halogens is 1. The molecule has 2 aromatic rings. The van der Waals surface area contributed by atoms with E-state index in [2.05, 4.69) is 0 Å². The molecule has 5 nitrogen and oxygen atoms in total. The summed E-state index contributed by atoms with van der Waals surface area (Å²) in [7, 11) is 0. The Morgan fingerprint density at radius 3 is 2.62 bits per heavy atom. The Balaban J connectivity index is 1.56. The fraction of sp³-hybridized carbons (Fsp3) is 0.300. The van der Waals surface area contributed by atoms with Crippen LogP contribution in [0.15, 0.2) is 42.5 Å². The van der Waals surface area contributed by atoms with Crippen LogP contribution in [0.2, 0.25) is 0 Å². The first-order valence-electron chi connectivity index (χ1n) is 8.49. The lowest BCUT2D eigenvalue weighted by molar-refractivity contribution is -0.133. The van der Waals surface area contributed by atoms with Gasteiger partial charge < -0.3 is 14.5 Å². The van der Waals surface area contributed by atoms with Gasteiger partial charge >= 0.3 is 0 Å². The number of rotatable bonds is 4. The molecule has 6 heteroatoms. The van der Waals surface area contributed by atoms with Crippen LogP contribution in [-0.2, 0) is 4.79 Å². The molecule has 1 aliphatic rings. The van der Waals surface area contributed by atoms with Crippen LogP contribution in [0.5, 0.6) is 5.75 Å². The van der Waals surface area contributed by atoms with E-state index in [-0.39, 0.29) is 18.1 Å². The fourth-order valence-corrected chi connectivity index (χ4v) is 3.03. The molecule has 1 amide bonds. The van der Waals surface area contributed by atoms with Crippen LogP contribution in [0.3, 0.4) is 0 Å². The quantitative estimate of drug-likeness (QED) is 0.848. The van der Waals surface area contributed by atoms with E-state index < -0.39 is 5.82 Å². The number of carbonyl (C=O) groups is 1. The minimum atomic E-state index is -0.518. The molecule has 0 N–H and O–H groups in total. The number of nitriles is 1. The van der Waals surface area contributed by atoms with Crippen molar-refractivity contribution >= 4 is 11.6 Å². The average molecular weight is 353 g/mol. The molecule has 0 aromatic heterocycles. The maximum Gasteiger partial charge on any atom is 0.260 e. The van der Waals surface area contributed by atoms with Crippen molar-refractivity contribution in [2.45, 2.75) is 6.92 Å². The van der Waals surface area contributed by atoms with Gasteiger partial charge in [-0.25, -0.2) is 4.39 Å². The zero-order chi connectivity index (χ0) is 18.5. The summed E-state index contributed by atoms with van der Waals surface area (Å²) in [6.07, 6.45) is 0. The van der Waals surface area contributed by atoms with Gasteiger partial charge in [-0.15, -0.1) is 0 Å². The summed E-state index contributed by atoms with van der Waals surface area (Å²) in [4.78, 5) is 16.0. The fourth-order valence-electron chi connectivity index (χ4n) is 3.03. The molecular formula is C20H20FN3O2. The number of amides is 1. The summed E-state index contributed by atoms with van der Waals surface area (Å²) < 4.78 is 19.3. The van der Waals surface area contributed by atoms with Gasteiger partial charge in [-0.2, -0.15) is 5.26 Å². The number of anilines is 1. The normalized spacial score (nSPS) is 14.0. The molecule has 2 aromatic carbocycles. The lowest BCUT2D eigenvalue weighted by Gasteiger charge is -2.36. The number of benzene rings is 2. The van der Waals surface area contributed by atoms with E-state index >= 15 is 0 Å². The molecule has 0 saturated carbocycles. The molecule has 1 saturated heterocycles. The number of aryl methyl sites for hydroxylation is 1. The highest BCUT2D eigenvalue weighted by molar-refractivity contribution is 5.78. The molecular weight excluding hydrogens is 333 g/mol. The van der Waals surface area contributed by atoms with Crippen molar-refractivity contribution in [3.8, 4) is 11.8 Å². The van der Waals surface area contributed by atoms with E-state index in [1.165, 1.54) is 6.07 Å². The minimum absolute atomic E-state index is 0.00708. The van der Waals surface area contributed by atoms with Gasteiger partial charge in [0.1, 0.15) is 23.2 Å². The number of hydrogen-bond donors (Lipinski definition) is 0. The van der Waals surface area contributed by atoms with E-state index in [0.29, 0.717) is 37.6 Å². The van der Waals surface area contributed by atoms with Crippen LogP contribution in [0, 0.1) is 24.1 Å². The molecule has 3 rings (SSSR count). The van der Waals surface area contributed by atoms with Crippen molar-refractivity contribution in [2.24, 2.45) is 0 Å². The highest BCUT2D eigenvalue weighted by Crippen LogP contribution is 2.23. The topological polar surface area (TPSA) is 56.6 Å². The molecule has 1 heterocycles. The van der Waals surface area contributed by atoms with Crippen molar-refractivity contribution < 1.29 is 13.9 Å². The predicted molar refractivity (Wildman–Crippen MR) is 96.6 cm³/mol. The van der Waals surface area contributed by atoms with Crippen molar-refractivity contribution in [3.63, 3.8) is 0 Å². The van der Waals surface area contributed by atoms with E-state index in [0.717, 1.165) is 5.56 Å². The third-order valence-electron chi connectivity index (χ3n) is 4.43. The predicted octanol–water partition coefficient (Wildman–Crippen LogP) is 2.73. The first-order chi connectivity index (χ1) is 12.6. The van der Waals surface area contributed by atoms with E-state index in [9.17, 15) is 14.4 Å². The Morgan fingerprint density at radius 2 is 1.92 bits per heavy atom. The van der Waals surface area contributed by atoms with Crippen molar-refractivity contribution in [3.05, 3.63) is 59.4 Å². The zero-order valence-electron chi connectivity index (χ0n) is 14.6. The van der Waals surface area contributed by atoms with Gasteiger partial charge in [0.2, 0.25) is 0 Å². The van der Waals surface area contributed by atoms with E-state index in [4.69, 9.17) is 4.74 Å². The second-order valence-electron chi connectivity index (χ2n) is 6.22. The van der Waals surface area contributed by atoms with Crippen LogP contribution in [0.1, 0.15) is 11.1 Å². The van der Waals surface area contributed by atoms with Crippen LogP contribution in [0.4, 0.5) is 10.1 Å². The third-order valence-corrected chi connectivity index (χ3v) is 4.43. The Kier molecular flexibility index (Phi) is 5.37. The Morgan fingerprint density at radius 1 is 1.19 bits per heavy atom. The molecule has 26 heavy (non-hydrogen) atoms. The van der Waals surface area contributed by atoms with Gasteiger partial charge in [-0.05, 0) is 36.8 Å². The summed E-state index contributed by atoms with van der Waals surface area (Å²) in [6.45, 7) is 4.08. The average Bonchev–Trinajstić information content (AvgIpc) is 2.66. The lowest BCUT2D eigenvalue weighted by atomic mass is 10.1. The molecule has 0 bridgehead atoms. The molecule has 0 spiro atoms. The third kappa shape index (κ3) is 3.94. The van der Waals surface area contributed by atoms with Crippen molar-refractivity contribution in [1.29, 1.82) is 5.26 Å². The zero-order valence-corrected chi connectivity index (χ0v) is 14.6. The largest absolute Gasteiger partial charge is 0.484 e. The van der Waals surface area contributed by atoms with Gasteiger partial charge in [0.15, 0.2) is 6.61 Å². The summed E-state index contributed by atoms with van der Waals surface area (Å²) in [5, 5.41) is 9.17. The summed E-state index contributed by atoms with van der Waals surface area (Å²) in [5.41, 5.74) is 1.71. The van der Waals surface area contributed by atoms with E-state index in [1.807, 2.05) is 42.2 Å². The maximum absolute atomic E-state index is 13.8. The van der Waals surface area contributed by atoms with Crippen molar-refractivity contribution in [1.82, 2.24) is 4.90 Å². The molecule has 0 aliphatic carbocycles. The highest BCUT2D eigenvalue weighted by atomic mass is 19.1. The van der Waals surface area contributed by atoms with Gasteiger partial charge in [0, 0.05) is 26.2 Å². The number of ether oxygens (including phenoxy) is 1. The van der Waals surface area contributed by atoms with Gasteiger partial charge in [0.05, 0.1) is 5.69 Å². The second-order valence-corrected chi connectivity index (χ2v) is 6.22. The molecule has 1 fully saturated rings. The Hall–Kier alpha value is -3.07. The molecule has 0 radical (unpaired) electrons. The first kappa shape index (κ1) is 17.7. The number of nitrogens with zero attached hydrogens (tertiary/aromatic N) is 3. The minimum Gasteiger partial charge on any atom is -0.484 e. The van der Waals surface area contributed by atoms with Crippen LogP contribution >= 0.6 is 0 Å². The SMILES string of the molecule is Cc1cccc(OCC(=O)N2CCN(c3cccc(F)c3C#N)CC2)c1. The Labute approximate surface area is 152 Å². The number of piperazine rings is 1. The van der Waals surface area contributed by atoms with Gasteiger partial charge in [-0.3, -0.25) is 4.79 Å². The number of hydrogen-bond acceptors (Lipinski definition) is 4. The molecule has 1 aliphatic heterocycles. The number of carbonyl (C=O) groups excluding carboxylic acids is 1. The lowest BCUT2D eigenvalue weighted by Crippen LogP contribution is -2.50.